The van der Waals surface area contributed by atoms with Crippen LogP contribution in [0.3, 0.4) is 0 Å². The van der Waals surface area contributed by atoms with Crippen molar-refractivity contribution in [3.8, 4) is 0 Å². The van der Waals surface area contributed by atoms with Gasteiger partial charge in [-0.05, 0) is 62.8 Å². The number of piperidine rings is 1. The summed E-state index contributed by atoms with van der Waals surface area (Å²) >= 11 is 3.44. The van der Waals surface area contributed by atoms with Gasteiger partial charge in [-0.25, -0.2) is 8.42 Å². The van der Waals surface area contributed by atoms with Crippen LogP contribution >= 0.6 is 28.3 Å². The SMILES string of the molecule is Cc1cc(S(=O)(=O)N2CCC(C(C)N)CC2)c(C)cc1Br.Cl. The van der Waals surface area contributed by atoms with Crippen LogP contribution in [-0.2, 0) is 10.0 Å². The molecule has 126 valence electrons. The van der Waals surface area contributed by atoms with Crippen molar-refractivity contribution in [2.24, 2.45) is 11.7 Å². The Balaban J connectivity index is 0.00000242. The number of benzene rings is 1. The molecular formula is C15H24BrClN2O2S. The smallest absolute Gasteiger partial charge is 0.243 e. The van der Waals surface area contributed by atoms with Gasteiger partial charge in [0.25, 0.3) is 0 Å². The third kappa shape index (κ3) is 4.03. The summed E-state index contributed by atoms with van der Waals surface area (Å²) in [6, 6.07) is 3.76. The highest BCUT2D eigenvalue weighted by molar-refractivity contribution is 9.10. The average molecular weight is 412 g/mol. The van der Waals surface area contributed by atoms with Crippen molar-refractivity contribution in [1.29, 1.82) is 0 Å². The minimum atomic E-state index is -3.41. The highest BCUT2D eigenvalue weighted by atomic mass is 79.9. The maximum atomic E-state index is 12.8. The number of sulfonamides is 1. The van der Waals surface area contributed by atoms with E-state index in [1.807, 2.05) is 26.8 Å². The van der Waals surface area contributed by atoms with Crippen molar-refractivity contribution in [1.82, 2.24) is 4.31 Å². The van der Waals surface area contributed by atoms with Gasteiger partial charge < -0.3 is 5.73 Å². The Morgan fingerprint density at radius 1 is 1.23 bits per heavy atom. The van der Waals surface area contributed by atoms with Gasteiger partial charge in [0.1, 0.15) is 0 Å². The van der Waals surface area contributed by atoms with E-state index < -0.39 is 10.0 Å². The summed E-state index contributed by atoms with van der Waals surface area (Å²) in [6.07, 6.45) is 1.68. The van der Waals surface area contributed by atoms with Gasteiger partial charge in [-0.15, -0.1) is 12.4 Å². The van der Waals surface area contributed by atoms with Crippen LogP contribution in [0.4, 0.5) is 0 Å². The molecule has 0 spiro atoms. The Kier molecular flexibility index (Phi) is 6.89. The largest absolute Gasteiger partial charge is 0.328 e. The monoisotopic (exact) mass is 410 g/mol. The van der Waals surface area contributed by atoms with Crippen molar-refractivity contribution in [2.45, 2.75) is 44.6 Å². The van der Waals surface area contributed by atoms with E-state index in [4.69, 9.17) is 5.73 Å². The number of aryl methyl sites for hydroxylation is 2. The molecule has 1 unspecified atom stereocenters. The zero-order valence-corrected chi connectivity index (χ0v) is 16.4. The van der Waals surface area contributed by atoms with Gasteiger partial charge in [0.15, 0.2) is 0 Å². The van der Waals surface area contributed by atoms with E-state index in [0.29, 0.717) is 23.9 Å². The van der Waals surface area contributed by atoms with Crippen molar-refractivity contribution < 1.29 is 8.42 Å². The second-order valence-corrected chi connectivity index (χ2v) is 8.73. The lowest BCUT2D eigenvalue weighted by Gasteiger charge is -2.33. The van der Waals surface area contributed by atoms with Crippen LogP contribution in [0.25, 0.3) is 0 Å². The Morgan fingerprint density at radius 2 is 1.77 bits per heavy atom. The minimum Gasteiger partial charge on any atom is -0.328 e. The lowest BCUT2D eigenvalue weighted by molar-refractivity contribution is 0.250. The number of rotatable bonds is 3. The Hall–Kier alpha value is -0.140. The van der Waals surface area contributed by atoms with Gasteiger partial charge >= 0.3 is 0 Å². The Labute approximate surface area is 148 Å². The van der Waals surface area contributed by atoms with Crippen LogP contribution in [0.5, 0.6) is 0 Å². The third-order valence-corrected chi connectivity index (χ3v) is 7.21. The van der Waals surface area contributed by atoms with E-state index >= 15 is 0 Å². The molecule has 1 saturated heterocycles. The van der Waals surface area contributed by atoms with E-state index in [1.165, 1.54) is 0 Å². The van der Waals surface area contributed by atoms with E-state index in [0.717, 1.165) is 28.4 Å². The van der Waals surface area contributed by atoms with Crippen molar-refractivity contribution in [3.05, 3.63) is 27.7 Å². The summed E-state index contributed by atoms with van der Waals surface area (Å²) in [6.45, 7) is 6.86. The summed E-state index contributed by atoms with van der Waals surface area (Å²) in [5.74, 6) is 0.421. The molecule has 0 bridgehead atoms. The highest BCUT2D eigenvalue weighted by Gasteiger charge is 2.31. The van der Waals surface area contributed by atoms with Gasteiger partial charge in [-0.2, -0.15) is 4.31 Å². The first kappa shape index (κ1) is 19.9. The predicted octanol–water partition coefficient (Wildman–Crippen LogP) is 3.24. The number of halogens is 2. The van der Waals surface area contributed by atoms with Gasteiger partial charge in [0, 0.05) is 23.6 Å². The lowest BCUT2D eigenvalue weighted by atomic mass is 9.92. The maximum Gasteiger partial charge on any atom is 0.243 e. The molecule has 0 saturated carbocycles. The molecule has 0 radical (unpaired) electrons. The van der Waals surface area contributed by atoms with E-state index in [9.17, 15) is 8.42 Å². The molecule has 1 fully saturated rings. The molecule has 1 aromatic rings. The fourth-order valence-corrected chi connectivity index (χ4v) is 5.03. The summed E-state index contributed by atoms with van der Waals surface area (Å²) in [4.78, 5) is 0.419. The van der Waals surface area contributed by atoms with Crippen molar-refractivity contribution >= 4 is 38.4 Å². The van der Waals surface area contributed by atoms with Crippen LogP contribution in [-0.4, -0.2) is 31.9 Å². The molecule has 7 heteroatoms. The fraction of sp³-hybridized carbons (Fsp3) is 0.600. The quantitative estimate of drug-likeness (QED) is 0.830. The predicted molar refractivity (Wildman–Crippen MR) is 96.0 cm³/mol. The molecular weight excluding hydrogens is 388 g/mol. The second-order valence-electron chi connectivity index (χ2n) is 5.97. The Bertz CT molecular complexity index is 627. The number of nitrogens with zero attached hydrogens (tertiary/aromatic N) is 1. The average Bonchev–Trinajstić information content (AvgIpc) is 2.42. The highest BCUT2D eigenvalue weighted by Crippen LogP contribution is 2.29. The van der Waals surface area contributed by atoms with Gasteiger partial charge in [0.2, 0.25) is 10.0 Å². The van der Waals surface area contributed by atoms with Gasteiger partial charge in [-0.1, -0.05) is 15.9 Å². The van der Waals surface area contributed by atoms with Crippen molar-refractivity contribution in [3.63, 3.8) is 0 Å². The van der Waals surface area contributed by atoms with Gasteiger partial charge in [0.05, 0.1) is 4.90 Å². The summed E-state index contributed by atoms with van der Waals surface area (Å²) in [5.41, 5.74) is 7.63. The third-order valence-electron chi connectivity index (χ3n) is 4.32. The first-order valence-corrected chi connectivity index (χ1v) is 9.49. The molecule has 1 heterocycles. The number of hydrogen-bond acceptors (Lipinski definition) is 3. The molecule has 0 aromatic heterocycles. The molecule has 1 atom stereocenters. The maximum absolute atomic E-state index is 12.8. The molecule has 4 nitrogen and oxygen atoms in total. The summed E-state index contributed by atoms with van der Waals surface area (Å²) in [7, 11) is -3.41. The van der Waals surface area contributed by atoms with E-state index in [-0.39, 0.29) is 18.4 Å². The van der Waals surface area contributed by atoms with Crippen LogP contribution in [0, 0.1) is 19.8 Å². The van der Waals surface area contributed by atoms with Crippen molar-refractivity contribution in [2.75, 3.05) is 13.1 Å². The molecule has 0 aliphatic carbocycles. The van der Waals surface area contributed by atoms with Crippen LogP contribution < -0.4 is 5.73 Å². The second kappa shape index (κ2) is 7.62. The van der Waals surface area contributed by atoms with Gasteiger partial charge in [-0.3, -0.25) is 0 Å². The molecule has 2 N–H and O–H groups in total. The number of hydrogen-bond donors (Lipinski definition) is 1. The number of nitrogens with two attached hydrogens (primary N) is 1. The van der Waals surface area contributed by atoms with Crippen LogP contribution in [0.1, 0.15) is 30.9 Å². The topological polar surface area (TPSA) is 63.4 Å². The summed E-state index contributed by atoms with van der Waals surface area (Å²) in [5, 5.41) is 0. The Morgan fingerprint density at radius 3 is 2.27 bits per heavy atom. The first-order valence-electron chi connectivity index (χ1n) is 7.26. The van der Waals surface area contributed by atoms with Crippen LogP contribution in [0.15, 0.2) is 21.5 Å². The molecule has 1 aliphatic rings. The van der Waals surface area contributed by atoms with E-state index in [2.05, 4.69) is 15.9 Å². The zero-order chi connectivity index (χ0) is 15.8. The molecule has 22 heavy (non-hydrogen) atoms. The van der Waals surface area contributed by atoms with Crippen LogP contribution in [0.2, 0.25) is 0 Å². The molecule has 0 amide bonds. The van der Waals surface area contributed by atoms with E-state index in [1.54, 1.807) is 10.4 Å². The molecule has 2 rings (SSSR count). The summed E-state index contributed by atoms with van der Waals surface area (Å²) < 4.78 is 28.2. The minimum absolute atomic E-state index is 0. The first-order chi connectivity index (χ1) is 9.73. The normalized spacial score (nSPS) is 18.8. The molecule has 1 aromatic carbocycles. The standard InChI is InChI=1S/C15H23BrN2O2S.ClH/c1-10-9-15(11(2)8-14(10)16)21(19,20)18-6-4-13(5-7-18)12(3)17;/h8-9,12-13H,4-7,17H2,1-3H3;1H. The molecule has 1 aliphatic heterocycles. The lowest BCUT2D eigenvalue weighted by Crippen LogP contribution is -2.42. The zero-order valence-electron chi connectivity index (χ0n) is 13.2. The fourth-order valence-electron chi connectivity index (χ4n) is 2.81.